The summed E-state index contributed by atoms with van der Waals surface area (Å²) in [6, 6.07) is 0. The largest absolute Gasteiger partial charge is 0.298 e. The number of unbranched alkanes of at least 4 members (excludes halogenated alkanes) is 1. The zero-order valence-electron chi connectivity index (χ0n) is 11.7. The Balaban J connectivity index is 2.11. The van der Waals surface area contributed by atoms with Crippen molar-refractivity contribution in [2.24, 2.45) is 11.3 Å². The number of hydrogen-bond donors (Lipinski definition) is 0. The van der Waals surface area contributed by atoms with Crippen molar-refractivity contribution in [3.05, 3.63) is 23.8 Å². The van der Waals surface area contributed by atoms with Gasteiger partial charge in [0, 0.05) is 5.57 Å². The van der Waals surface area contributed by atoms with Crippen LogP contribution in [0.1, 0.15) is 64.7 Å². The number of carbonyl (C=O) groups is 1. The van der Waals surface area contributed by atoms with Gasteiger partial charge in [-0.25, -0.2) is 0 Å². The van der Waals surface area contributed by atoms with Gasteiger partial charge < -0.3 is 0 Å². The fourth-order valence-corrected chi connectivity index (χ4v) is 3.67. The number of rotatable bonds is 5. The van der Waals surface area contributed by atoms with Crippen LogP contribution in [-0.2, 0) is 4.79 Å². The molecule has 2 aliphatic carbocycles. The van der Waals surface area contributed by atoms with Crippen molar-refractivity contribution in [1.29, 1.82) is 0 Å². The monoisotopic (exact) mass is 246 g/mol. The van der Waals surface area contributed by atoms with Crippen molar-refractivity contribution in [2.75, 3.05) is 0 Å². The molecule has 1 fully saturated rings. The Morgan fingerprint density at radius 2 is 2.11 bits per heavy atom. The summed E-state index contributed by atoms with van der Waals surface area (Å²) in [6.07, 6.45) is 19.6. The van der Waals surface area contributed by atoms with Crippen molar-refractivity contribution in [3.63, 3.8) is 0 Å². The minimum Gasteiger partial charge on any atom is -0.298 e. The van der Waals surface area contributed by atoms with Crippen molar-refractivity contribution < 1.29 is 4.79 Å². The lowest BCUT2D eigenvalue weighted by molar-refractivity contribution is -0.104. The molecule has 0 aliphatic heterocycles. The van der Waals surface area contributed by atoms with Crippen LogP contribution in [0.5, 0.6) is 0 Å². The molecule has 1 heteroatoms. The van der Waals surface area contributed by atoms with Gasteiger partial charge in [-0.05, 0) is 37.0 Å². The molecule has 0 aromatic rings. The first-order chi connectivity index (χ1) is 8.80. The van der Waals surface area contributed by atoms with Crippen LogP contribution < -0.4 is 0 Å². The fraction of sp³-hybridized carbons (Fsp3) is 0.706. The van der Waals surface area contributed by atoms with E-state index < -0.39 is 0 Å². The molecule has 0 aromatic carbocycles. The highest BCUT2D eigenvalue weighted by atomic mass is 16.1. The molecule has 0 spiro atoms. The zero-order valence-corrected chi connectivity index (χ0v) is 11.7. The molecule has 0 radical (unpaired) electrons. The number of hydrogen-bond acceptors (Lipinski definition) is 1. The predicted molar refractivity (Wildman–Crippen MR) is 76.4 cm³/mol. The van der Waals surface area contributed by atoms with Crippen LogP contribution in [0, 0.1) is 11.3 Å². The normalized spacial score (nSPS) is 29.1. The van der Waals surface area contributed by atoms with Crippen LogP contribution >= 0.6 is 0 Å². The van der Waals surface area contributed by atoms with Gasteiger partial charge in [0.15, 0.2) is 0 Å². The van der Waals surface area contributed by atoms with Crippen LogP contribution in [0.2, 0.25) is 0 Å². The van der Waals surface area contributed by atoms with E-state index in [1.165, 1.54) is 51.4 Å². The Morgan fingerprint density at radius 3 is 2.67 bits per heavy atom. The second kappa shape index (κ2) is 6.36. The van der Waals surface area contributed by atoms with Gasteiger partial charge in [-0.1, -0.05) is 57.3 Å². The highest BCUT2D eigenvalue weighted by Gasteiger charge is 2.36. The molecular formula is C17H26O. The molecule has 0 amide bonds. The van der Waals surface area contributed by atoms with Gasteiger partial charge in [-0.2, -0.15) is 0 Å². The summed E-state index contributed by atoms with van der Waals surface area (Å²) in [5.74, 6) is 0.846. The quantitative estimate of drug-likeness (QED) is 0.635. The summed E-state index contributed by atoms with van der Waals surface area (Å²) in [6.45, 7) is 2.27. The molecule has 2 rings (SSSR count). The zero-order chi connectivity index (χ0) is 12.8. The summed E-state index contributed by atoms with van der Waals surface area (Å²) in [5.41, 5.74) is 1.24. The second-order valence-electron chi connectivity index (χ2n) is 6.03. The summed E-state index contributed by atoms with van der Waals surface area (Å²) < 4.78 is 0. The van der Waals surface area contributed by atoms with Gasteiger partial charge in [0.2, 0.25) is 0 Å². The van der Waals surface area contributed by atoms with Crippen molar-refractivity contribution in [1.82, 2.24) is 0 Å². The van der Waals surface area contributed by atoms with Gasteiger partial charge in [0.1, 0.15) is 6.29 Å². The standard InChI is InChI=1S/C17H26O/c1-2-3-11-17(16-7-5-4-6-8-16)12-9-15(14-18)10-13-17/h9-10,12,14,16H,2-8,11,13H2,1H3. The van der Waals surface area contributed by atoms with Gasteiger partial charge in [0.25, 0.3) is 0 Å². The van der Waals surface area contributed by atoms with E-state index in [0.717, 1.165) is 24.2 Å². The Kier molecular flexibility index (Phi) is 4.79. The predicted octanol–water partition coefficient (Wildman–Crippen LogP) is 4.83. The molecule has 1 nitrogen and oxygen atoms in total. The summed E-state index contributed by atoms with van der Waals surface area (Å²) in [7, 11) is 0. The summed E-state index contributed by atoms with van der Waals surface area (Å²) in [5, 5.41) is 0. The molecule has 0 aromatic heterocycles. The molecular weight excluding hydrogens is 220 g/mol. The molecule has 0 bridgehead atoms. The van der Waals surface area contributed by atoms with E-state index >= 15 is 0 Å². The maximum Gasteiger partial charge on any atom is 0.149 e. The Hall–Kier alpha value is -0.850. The van der Waals surface area contributed by atoms with Gasteiger partial charge in [0.05, 0.1) is 0 Å². The maximum absolute atomic E-state index is 10.8. The lowest BCUT2D eigenvalue weighted by atomic mass is 9.63. The molecule has 100 valence electrons. The van der Waals surface area contributed by atoms with Crippen LogP contribution in [0.4, 0.5) is 0 Å². The maximum atomic E-state index is 10.8. The smallest absolute Gasteiger partial charge is 0.149 e. The lowest BCUT2D eigenvalue weighted by Crippen LogP contribution is -2.31. The van der Waals surface area contributed by atoms with Crippen LogP contribution in [0.3, 0.4) is 0 Å². The van der Waals surface area contributed by atoms with Crippen LogP contribution in [0.25, 0.3) is 0 Å². The van der Waals surface area contributed by atoms with E-state index in [0.29, 0.717) is 5.41 Å². The minimum absolute atomic E-state index is 0.364. The lowest BCUT2D eigenvalue weighted by Gasteiger charge is -2.42. The van der Waals surface area contributed by atoms with Gasteiger partial charge in [-0.3, -0.25) is 4.79 Å². The first-order valence-electron chi connectivity index (χ1n) is 7.65. The number of aldehydes is 1. The van der Waals surface area contributed by atoms with Gasteiger partial charge in [-0.15, -0.1) is 0 Å². The first kappa shape index (κ1) is 13.6. The Bertz CT molecular complexity index is 334. The van der Waals surface area contributed by atoms with Crippen molar-refractivity contribution >= 4 is 6.29 Å². The highest BCUT2D eigenvalue weighted by Crippen LogP contribution is 2.47. The van der Waals surface area contributed by atoms with Gasteiger partial charge >= 0.3 is 0 Å². The summed E-state index contributed by atoms with van der Waals surface area (Å²) in [4.78, 5) is 10.8. The molecule has 18 heavy (non-hydrogen) atoms. The topological polar surface area (TPSA) is 17.1 Å². The molecule has 0 heterocycles. The average molecular weight is 246 g/mol. The van der Waals surface area contributed by atoms with Crippen LogP contribution in [0.15, 0.2) is 23.8 Å². The van der Waals surface area contributed by atoms with Crippen LogP contribution in [-0.4, -0.2) is 6.29 Å². The third kappa shape index (κ3) is 2.93. The molecule has 0 saturated heterocycles. The fourth-order valence-electron chi connectivity index (χ4n) is 3.67. The third-order valence-electron chi connectivity index (χ3n) is 4.88. The Morgan fingerprint density at radius 1 is 1.33 bits per heavy atom. The van der Waals surface area contributed by atoms with E-state index in [9.17, 15) is 4.79 Å². The van der Waals surface area contributed by atoms with E-state index in [4.69, 9.17) is 0 Å². The third-order valence-corrected chi connectivity index (χ3v) is 4.88. The van der Waals surface area contributed by atoms with E-state index in [-0.39, 0.29) is 0 Å². The first-order valence-corrected chi connectivity index (χ1v) is 7.65. The minimum atomic E-state index is 0.364. The number of allylic oxidation sites excluding steroid dienone is 4. The van der Waals surface area contributed by atoms with E-state index in [1.807, 2.05) is 0 Å². The molecule has 1 unspecified atom stereocenters. The SMILES string of the molecule is CCCCC1(C2CCCCC2)C=CC(C=O)=CC1. The summed E-state index contributed by atoms with van der Waals surface area (Å²) >= 11 is 0. The molecule has 1 atom stereocenters. The highest BCUT2D eigenvalue weighted by molar-refractivity contribution is 5.77. The second-order valence-corrected chi connectivity index (χ2v) is 6.03. The van der Waals surface area contributed by atoms with E-state index in [1.54, 1.807) is 0 Å². The number of carbonyl (C=O) groups excluding carboxylic acids is 1. The van der Waals surface area contributed by atoms with Crippen molar-refractivity contribution in [3.8, 4) is 0 Å². The molecule has 2 aliphatic rings. The Labute approximate surface area is 111 Å². The molecule has 1 saturated carbocycles. The van der Waals surface area contributed by atoms with E-state index in [2.05, 4.69) is 25.2 Å². The average Bonchev–Trinajstić information content (AvgIpc) is 2.46. The van der Waals surface area contributed by atoms with Crippen molar-refractivity contribution in [2.45, 2.75) is 64.7 Å². The molecule has 0 N–H and O–H groups in total.